The Morgan fingerprint density at radius 2 is 2.22 bits per heavy atom. The first-order chi connectivity index (χ1) is 11.3. The molecule has 0 unspecified atom stereocenters. The highest BCUT2D eigenvalue weighted by Gasteiger charge is 2.29. The minimum atomic E-state index is -0.184. The summed E-state index contributed by atoms with van der Waals surface area (Å²) in [6.07, 6.45) is 9.43. The van der Waals surface area contributed by atoms with Gasteiger partial charge in [-0.3, -0.25) is 14.8 Å². The SMILES string of the molecule is O=C(c1csc2c1CCCC2)N1CCO[C@H](c2cnccn2)C1. The standard InChI is InChI=1S/C17H19N3O2S/c21-17(13-11-23-16-4-2-1-3-12(13)16)20-7-8-22-15(10-20)14-9-18-5-6-19-14/h5-6,9,11,15H,1-4,7-8,10H2/t15-/m0/s1. The van der Waals surface area contributed by atoms with Crippen LogP contribution in [0, 0.1) is 0 Å². The van der Waals surface area contributed by atoms with Crippen molar-refractivity contribution < 1.29 is 9.53 Å². The van der Waals surface area contributed by atoms with Crippen molar-refractivity contribution in [3.8, 4) is 0 Å². The quantitative estimate of drug-likeness (QED) is 0.850. The van der Waals surface area contributed by atoms with Gasteiger partial charge < -0.3 is 9.64 Å². The number of carbonyl (C=O) groups is 1. The van der Waals surface area contributed by atoms with Crippen LogP contribution in [-0.2, 0) is 17.6 Å². The van der Waals surface area contributed by atoms with Crippen LogP contribution in [0.1, 0.15) is 45.4 Å². The molecule has 0 radical (unpaired) electrons. The molecule has 4 rings (SSSR count). The molecule has 0 aromatic carbocycles. The number of nitrogens with zero attached hydrogens (tertiary/aromatic N) is 3. The van der Waals surface area contributed by atoms with Gasteiger partial charge in [0.2, 0.25) is 0 Å². The van der Waals surface area contributed by atoms with Gasteiger partial charge >= 0.3 is 0 Å². The summed E-state index contributed by atoms with van der Waals surface area (Å²) in [5.74, 6) is 0.140. The van der Waals surface area contributed by atoms with E-state index in [1.54, 1.807) is 29.9 Å². The Labute approximate surface area is 139 Å². The molecule has 1 saturated heterocycles. The Morgan fingerprint density at radius 3 is 3.09 bits per heavy atom. The van der Waals surface area contributed by atoms with Crippen LogP contribution < -0.4 is 0 Å². The van der Waals surface area contributed by atoms with Gasteiger partial charge in [-0.2, -0.15) is 0 Å². The summed E-state index contributed by atoms with van der Waals surface area (Å²) in [5, 5.41) is 2.05. The average Bonchev–Trinajstić information content (AvgIpc) is 3.06. The Hall–Kier alpha value is -1.79. The van der Waals surface area contributed by atoms with Gasteiger partial charge in [-0.1, -0.05) is 0 Å². The molecule has 0 bridgehead atoms. The highest BCUT2D eigenvalue weighted by Crippen LogP contribution is 2.31. The van der Waals surface area contributed by atoms with Gasteiger partial charge in [-0.05, 0) is 31.2 Å². The third-order valence-corrected chi connectivity index (χ3v) is 5.65. The average molecular weight is 329 g/mol. The predicted octanol–water partition coefficient (Wildman–Crippen LogP) is 2.63. The van der Waals surface area contributed by atoms with Crippen LogP contribution in [0.25, 0.3) is 0 Å². The zero-order valence-corrected chi connectivity index (χ0v) is 13.7. The molecule has 3 heterocycles. The Kier molecular flexibility index (Phi) is 4.10. The molecule has 0 saturated carbocycles. The van der Waals surface area contributed by atoms with Crippen LogP contribution in [0.15, 0.2) is 24.0 Å². The number of aryl methyl sites for hydroxylation is 1. The fourth-order valence-corrected chi connectivity index (χ4v) is 4.45. The second kappa shape index (κ2) is 6.37. The lowest BCUT2D eigenvalue weighted by Crippen LogP contribution is -2.42. The van der Waals surface area contributed by atoms with Crippen molar-refractivity contribution in [3.63, 3.8) is 0 Å². The van der Waals surface area contributed by atoms with Gasteiger partial charge in [0.1, 0.15) is 6.10 Å². The number of morpholine rings is 1. The van der Waals surface area contributed by atoms with Crippen LogP contribution in [0.2, 0.25) is 0 Å². The van der Waals surface area contributed by atoms with Gasteiger partial charge in [0, 0.05) is 29.2 Å². The first kappa shape index (κ1) is 14.8. The zero-order valence-electron chi connectivity index (χ0n) is 12.9. The summed E-state index contributed by atoms with van der Waals surface area (Å²) in [6, 6.07) is 0. The van der Waals surface area contributed by atoms with E-state index >= 15 is 0 Å². The largest absolute Gasteiger partial charge is 0.368 e. The van der Waals surface area contributed by atoms with Gasteiger partial charge in [0.25, 0.3) is 5.91 Å². The van der Waals surface area contributed by atoms with E-state index in [1.165, 1.54) is 23.3 Å². The molecule has 5 nitrogen and oxygen atoms in total. The molecule has 1 amide bonds. The van der Waals surface area contributed by atoms with Crippen LogP contribution in [-0.4, -0.2) is 40.5 Å². The predicted molar refractivity (Wildman–Crippen MR) is 87.6 cm³/mol. The maximum atomic E-state index is 13.0. The second-order valence-electron chi connectivity index (χ2n) is 6.00. The molecule has 6 heteroatoms. The van der Waals surface area contributed by atoms with E-state index in [1.807, 2.05) is 10.3 Å². The first-order valence-electron chi connectivity index (χ1n) is 8.09. The van der Waals surface area contributed by atoms with E-state index in [0.29, 0.717) is 19.7 Å². The van der Waals surface area contributed by atoms with Crippen LogP contribution in [0.3, 0.4) is 0 Å². The lowest BCUT2D eigenvalue weighted by atomic mass is 9.95. The summed E-state index contributed by atoms with van der Waals surface area (Å²) in [4.78, 5) is 24.7. The fourth-order valence-electron chi connectivity index (χ4n) is 3.33. The van der Waals surface area contributed by atoms with E-state index in [2.05, 4.69) is 9.97 Å². The van der Waals surface area contributed by atoms with Crippen molar-refractivity contribution >= 4 is 17.2 Å². The third kappa shape index (κ3) is 2.88. The van der Waals surface area contributed by atoms with Crippen molar-refractivity contribution in [2.75, 3.05) is 19.7 Å². The molecule has 2 aliphatic rings. The van der Waals surface area contributed by atoms with E-state index in [9.17, 15) is 4.79 Å². The fraction of sp³-hybridized carbons (Fsp3) is 0.471. The summed E-state index contributed by atoms with van der Waals surface area (Å²) < 4.78 is 5.78. The summed E-state index contributed by atoms with van der Waals surface area (Å²) in [5.41, 5.74) is 2.98. The number of hydrogen-bond donors (Lipinski definition) is 0. The van der Waals surface area contributed by atoms with Crippen molar-refractivity contribution in [2.45, 2.75) is 31.8 Å². The number of ether oxygens (including phenoxy) is 1. The molecule has 1 aliphatic carbocycles. The normalized spacial score (nSPS) is 21.0. The van der Waals surface area contributed by atoms with E-state index in [0.717, 1.165) is 24.1 Å². The van der Waals surface area contributed by atoms with Crippen molar-refractivity contribution in [2.24, 2.45) is 0 Å². The van der Waals surface area contributed by atoms with Crippen LogP contribution >= 0.6 is 11.3 Å². The smallest absolute Gasteiger partial charge is 0.255 e. The second-order valence-corrected chi connectivity index (χ2v) is 6.96. The Morgan fingerprint density at radius 1 is 1.30 bits per heavy atom. The number of aromatic nitrogens is 2. The number of thiophene rings is 1. The number of carbonyl (C=O) groups excluding carboxylic acids is 1. The van der Waals surface area contributed by atoms with E-state index in [4.69, 9.17) is 4.74 Å². The van der Waals surface area contributed by atoms with Gasteiger partial charge in [-0.15, -0.1) is 11.3 Å². The maximum absolute atomic E-state index is 13.0. The van der Waals surface area contributed by atoms with Gasteiger partial charge in [0.15, 0.2) is 0 Å². The van der Waals surface area contributed by atoms with Crippen molar-refractivity contribution in [3.05, 3.63) is 45.7 Å². The molecule has 1 aliphatic heterocycles. The molecule has 23 heavy (non-hydrogen) atoms. The van der Waals surface area contributed by atoms with Gasteiger partial charge in [0.05, 0.1) is 30.6 Å². The molecule has 0 N–H and O–H groups in total. The lowest BCUT2D eigenvalue weighted by molar-refractivity contribution is -0.0249. The Balaban J connectivity index is 1.53. The molecular weight excluding hydrogens is 310 g/mol. The first-order valence-corrected chi connectivity index (χ1v) is 8.97. The van der Waals surface area contributed by atoms with Crippen LogP contribution in [0.4, 0.5) is 0 Å². The van der Waals surface area contributed by atoms with Crippen molar-refractivity contribution in [1.82, 2.24) is 14.9 Å². The number of amides is 1. The lowest BCUT2D eigenvalue weighted by Gasteiger charge is -2.32. The minimum absolute atomic E-state index is 0.140. The topological polar surface area (TPSA) is 55.3 Å². The highest BCUT2D eigenvalue weighted by atomic mass is 32.1. The van der Waals surface area contributed by atoms with Gasteiger partial charge in [-0.25, -0.2) is 0 Å². The zero-order chi connectivity index (χ0) is 15.6. The number of fused-ring (bicyclic) bond motifs is 1. The summed E-state index contributed by atoms with van der Waals surface area (Å²) in [6.45, 7) is 1.72. The number of hydrogen-bond acceptors (Lipinski definition) is 5. The summed E-state index contributed by atoms with van der Waals surface area (Å²) in [7, 11) is 0. The minimum Gasteiger partial charge on any atom is -0.368 e. The summed E-state index contributed by atoms with van der Waals surface area (Å²) >= 11 is 1.74. The maximum Gasteiger partial charge on any atom is 0.255 e. The molecule has 1 atom stereocenters. The third-order valence-electron chi connectivity index (χ3n) is 4.56. The number of rotatable bonds is 2. The molecule has 2 aromatic rings. The van der Waals surface area contributed by atoms with E-state index in [-0.39, 0.29) is 12.0 Å². The monoisotopic (exact) mass is 329 g/mol. The van der Waals surface area contributed by atoms with E-state index < -0.39 is 0 Å². The molecule has 1 fully saturated rings. The Bertz CT molecular complexity index is 701. The molecule has 120 valence electrons. The van der Waals surface area contributed by atoms with Crippen LogP contribution in [0.5, 0.6) is 0 Å². The highest BCUT2D eigenvalue weighted by molar-refractivity contribution is 7.10. The molecule has 2 aromatic heterocycles. The molecule has 0 spiro atoms. The molecular formula is C17H19N3O2S. The van der Waals surface area contributed by atoms with Crippen molar-refractivity contribution in [1.29, 1.82) is 0 Å².